The summed E-state index contributed by atoms with van der Waals surface area (Å²) in [6.07, 6.45) is 2.26. The first-order chi connectivity index (χ1) is 10.2. The summed E-state index contributed by atoms with van der Waals surface area (Å²) in [7, 11) is 0. The summed E-state index contributed by atoms with van der Waals surface area (Å²) in [6.45, 7) is 4.92. The van der Waals surface area contributed by atoms with E-state index in [0.717, 1.165) is 17.2 Å². The summed E-state index contributed by atoms with van der Waals surface area (Å²) in [6, 6.07) is 8.12. The third-order valence-corrected chi connectivity index (χ3v) is 4.21. The van der Waals surface area contributed by atoms with Gasteiger partial charge in [-0.2, -0.15) is 0 Å². The second kappa shape index (κ2) is 8.12. The fourth-order valence-corrected chi connectivity index (χ4v) is 2.59. The van der Waals surface area contributed by atoms with Crippen LogP contribution in [0, 0.1) is 0 Å². The van der Waals surface area contributed by atoms with E-state index in [-0.39, 0.29) is 12.6 Å². The zero-order chi connectivity index (χ0) is 15.1. The van der Waals surface area contributed by atoms with Gasteiger partial charge in [-0.05, 0) is 31.0 Å². The van der Waals surface area contributed by atoms with Crippen LogP contribution in [-0.2, 0) is 6.42 Å². The molecular formula is C16H22N2O2S. The Morgan fingerprint density at radius 2 is 2.10 bits per heavy atom. The minimum atomic E-state index is -0.543. The number of benzene rings is 1. The number of aryl methyl sites for hydroxylation is 1. The second-order valence-electron chi connectivity index (χ2n) is 4.96. The number of nitrogens with zero attached hydrogens (tertiary/aromatic N) is 1. The molecule has 114 valence electrons. The van der Waals surface area contributed by atoms with Crippen LogP contribution in [0.2, 0.25) is 0 Å². The molecule has 2 N–H and O–H groups in total. The molecule has 2 unspecified atom stereocenters. The number of ether oxygens (including phenoxy) is 1. The topological polar surface area (TPSA) is 54.4 Å². The van der Waals surface area contributed by atoms with Gasteiger partial charge in [-0.1, -0.05) is 19.1 Å². The molecule has 0 amide bonds. The summed E-state index contributed by atoms with van der Waals surface area (Å²) < 4.78 is 5.59. The highest BCUT2D eigenvalue weighted by Crippen LogP contribution is 2.15. The number of aliphatic hydroxyl groups is 1. The predicted octanol–water partition coefficient (Wildman–Crippen LogP) is 2.80. The zero-order valence-electron chi connectivity index (χ0n) is 12.5. The molecule has 2 aromatic rings. The molecule has 0 saturated carbocycles. The maximum absolute atomic E-state index is 9.95. The van der Waals surface area contributed by atoms with E-state index in [1.165, 1.54) is 5.56 Å². The van der Waals surface area contributed by atoms with Crippen LogP contribution in [0.4, 0.5) is 0 Å². The molecular weight excluding hydrogens is 284 g/mol. The average molecular weight is 306 g/mol. The van der Waals surface area contributed by atoms with E-state index in [2.05, 4.69) is 17.2 Å². The monoisotopic (exact) mass is 306 g/mol. The largest absolute Gasteiger partial charge is 0.491 e. The van der Waals surface area contributed by atoms with E-state index in [9.17, 15) is 5.11 Å². The van der Waals surface area contributed by atoms with Crippen molar-refractivity contribution in [2.24, 2.45) is 0 Å². The van der Waals surface area contributed by atoms with E-state index >= 15 is 0 Å². The van der Waals surface area contributed by atoms with E-state index < -0.39 is 6.10 Å². The first-order valence-corrected chi connectivity index (χ1v) is 8.09. The summed E-state index contributed by atoms with van der Waals surface area (Å²) >= 11 is 1.61. The number of nitrogens with one attached hydrogen (secondary N) is 1. The fraction of sp³-hybridized carbons (Fsp3) is 0.438. The Kier molecular flexibility index (Phi) is 6.17. The normalized spacial score (nSPS) is 13.9. The molecule has 0 spiro atoms. The number of aromatic nitrogens is 1. The van der Waals surface area contributed by atoms with E-state index in [0.29, 0.717) is 6.54 Å². The van der Waals surface area contributed by atoms with Gasteiger partial charge in [0, 0.05) is 18.1 Å². The van der Waals surface area contributed by atoms with Crippen LogP contribution < -0.4 is 10.1 Å². The van der Waals surface area contributed by atoms with Crippen LogP contribution in [-0.4, -0.2) is 29.3 Å². The third-order valence-electron chi connectivity index (χ3n) is 3.26. The van der Waals surface area contributed by atoms with Crippen molar-refractivity contribution < 1.29 is 9.84 Å². The SMILES string of the molecule is CCc1ccc(OCC(O)CNC(C)c2nccs2)cc1. The number of hydrogen-bond acceptors (Lipinski definition) is 5. The Morgan fingerprint density at radius 3 is 2.71 bits per heavy atom. The lowest BCUT2D eigenvalue weighted by atomic mass is 10.2. The second-order valence-corrected chi connectivity index (χ2v) is 5.89. The van der Waals surface area contributed by atoms with E-state index in [1.807, 2.05) is 36.6 Å². The van der Waals surface area contributed by atoms with Crippen LogP contribution in [0.5, 0.6) is 5.75 Å². The van der Waals surface area contributed by atoms with Crippen molar-refractivity contribution in [3.63, 3.8) is 0 Å². The van der Waals surface area contributed by atoms with Gasteiger partial charge in [0.1, 0.15) is 23.5 Å². The molecule has 21 heavy (non-hydrogen) atoms. The van der Waals surface area contributed by atoms with Gasteiger partial charge in [0.15, 0.2) is 0 Å². The van der Waals surface area contributed by atoms with Crippen molar-refractivity contribution in [1.82, 2.24) is 10.3 Å². The van der Waals surface area contributed by atoms with Gasteiger partial charge in [0.05, 0.1) is 6.04 Å². The van der Waals surface area contributed by atoms with Gasteiger partial charge in [-0.15, -0.1) is 11.3 Å². The van der Waals surface area contributed by atoms with E-state index in [4.69, 9.17) is 4.74 Å². The molecule has 1 aromatic heterocycles. The number of rotatable bonds is 8. The molecule has 0 fully saturated rings. The highest BCUT2D eigenvalue weighted by atomic mass is 32.1. The highest BCUT2D eigenvalue weighted by Gasteiger charge is 2.11. The van der Waals surface area contributed by atoms with Gasteiger partial charge < -0.3 is 15.2 Å². The molecule has 2 atom stereocenters. The van der Waals surface area contributed by atoms with Crippen LogP contribution in [0.25, 0.3) is 0 Å². The maximum Gasteiger partial charge on any atom is 0.119 e. The van der Waals surface area contributed by atoms with Gasteiger partial charge >= 0.3 is 0 Å². The van der Waals surface area contributed by atoms with Crippen LogP contribution in [0.3, 0.4) is 0 Å². The molecule has 1 aromatic carbocycles. The fourth-order valence-electron chi connectivity index (χ4n) is 1.92. The Hall–Kier alpha value is -1.43. The Morgan fingerprint density at radius 1 is 1.33 bits per heavy atom. The Balaban J connectivity index is 1.70. The quantitative estimate of drug-likeness (QED) is 0.787. The molecule has 0 aliphatic carbocycles. The van der Waals surface area contributed by atoms with Crippen molar-refractivity contribution >= 4 is 11.3 Å². The van der Waals surface area contributed by atoms with Crippen molar-refractivity contribution in [2.75, 3.05) is 13.2 Å². The molecule has 0 aliphatic heterocycles. The smallest absolute Gasteiger partial charge is 0.119 e. The average Bonchev–Trinajstić information content (AvgIpc) is 3.05. The molecule has 1 heterocycles. The number of aliphatic hydroxyl groups excluding tert-OH is 1. The van der Waals surface area contributed by atoms with Gasteiger partial charge in [0.2, 0.25) is 0 Å². The van der Waals surface area contributed by atoms with Crippen molar-refractivity contribution in [2.45, 2.75) is 32.4 Å². The predicted molar refractivity (Wildman–Crippen MR) is 85.9 cm³/mol. The molecule has 4 nitrogen and oxygen atoms in total. The van der Waals surface area contributed by atoms with Crippen molar-refractivity contribution in [1.29, 1.82) is 0 Å². The minimum absolute atomic E-state index is 0.142. The molecule has 0 saturated heterocycles. The van der Waals surface area contributed by atoms with Gasteiger partial charge in [0.25, 0.3) is 0 Å². The summed E-state index contributed by atoms with van der Waals surface area (Å²) in [5.74, 6) is 0.791. The standard InChI is InChI=1S/C16H22N2O2S/c1-3-13-4-6-15(7-5-13)20-11-14(19)10-18-12(2)16-17-8-9-21-16/h4-9,12,14,18-19H,3,10-11H2,1-2H3. The zero-order valence-corrected chi connectivity index (χ0v) is 13.3. The number of thiazole rings is 1. The van der Waals surface area contributed by atoms with Gasteiger partial charge in [-0.25, -0.2) is 4.98 Å². The molecule has 0 bridgehead atoms. The summed E-state index contributed by atoms with van der Waals surface area (Å²) in [5.41, 5.74) is 1.28. The summed E-state index contributed by atoms with van der Waals surface area (Å²) in [4.78, 5) is 4.25. The maximum atomic E-state index is 9.95. The lowest BCUT2D eigenvalue weighted by Gasteiger charge is -2.16. The first-order valence-electron chi connectivity index (χ1n) is 7.21. The minimum Gasteiger partial charge on any atom is -0.491 e. The lowest BCUT2D eigenvalue weighted by molar-refractivity contribution is 0.104. The van der Waals surface area contributed by atoms with Crippen molar-refractivity contribution in [3.8, 4) is 5.75 Å². The third kappa shape index (κ3) is 5.12. The van der Waals surface area contributed by atoms with Crippen LogP contribution >= 0.6 is 11.3 Å². The highest BCUT2D eigenvalue weighted by molar-refractivity contribution is 7.09. The molecule has 0 radical (unpaired) electrons. The van der Waals surface area contributed by atoms with E-state index in [1.54, 1.807) is 17.5 Å². The Bertz CT molecular complexity index is 514. The van der Waals surface area contributed by atoms with Crippen molar-refractivity contribution in [3.05, 3.63) is 46.4 Å². The molecule has 0 aliphatic rings. The van der Waals surface area contributed by atoms with Gasteiger partial charge in [-0.3, -0.25) is 0 Å². The molecule has 5 heteroatoms. The summed E-state index contributed by atoms with van der Waals surface area (Å²) in [5, 5.41) is 16.2. The van der Waals surface area contributed by atoms with Crippen LogP contribution in [0.15, 0.2) is 35.8 Å². The Labute approximate surface area is 129 Å². The molecule has 2 rings (SSSR count). The lowest BCUT2D eigenvalue weighted by Crippen LogP contribution is -2.33. The number of hydrogen-bond donors (Lipinski definition) is 2. The first kappa shape index (κ1) is 15.9. The van der Waals surface area contributed by atoms with Crippen LogP contribution in [0.1, 0.15) is 30.5 Å².